The molecule has 0 unspecified atom stereocenters. The Morgan fingerprint density at radius 2 is 1.76 bits per heavy atom. The summed E-state index contributed by atoms with van der Waals surface area (Å²) in [6.07, 6.45) is 3.78. The topological polar surface area (TPSA) is 97.0 Å². The molecule has 1 aliphatic rings. The molecule has 3 rings (SSSR count). The predicted octanol–water partition coefficient (Wildman–Crippen LogP) is 4.92. The minimum Gasteiger partial charge on any atom is -0.488 e. The van der Waals surface area contributed by atoms with Gasteiger partial charge in [0.15, 0.2) is 0 Å². The summed E-state index contributed by atoms with van der Waals surface area (Å²) in [4.78, 5) is 41.1. The standard InChI is InChI=1S/C29H38BrN3O5/c1-4-37-28(36)29(17-9-18-29)27(35)32-24(11-7-8-19-33(2)3)26(34)31-22-15-13-21(14-16-22)20-38-25-12-6-5-10-23(25)30/h5-6,10,12-16,24H,4,7-9,11,17-20H2,1-3H3,(H,31,34)(H,32,35)/t24-/m0/s1. The summed E-state index contributed by atoms with van der Waals surface area (Å²) in [5.74, 6) is -0.478. The van der Waals surface area contributed by atoms with Gasteiger partial charge >= 0.3 is 5.97 Å². The molecule has 0 spiro atoms. The van der Waals surface area contributed by atoms with Crippen LogP contribution in [0, 0.1) is 5.41 Å². The van der Waals surface area contributed by atoms with Gasteiger partial charge in [-0.25, -0.2) is 0 Å². The van der Waals surface area contributed by atoms with Crippen LogP contribution in [0.15, 0.2) is 53.0 Å². The van der Waals surface area contributed by atoms with E-state index in [0.29, 0.717) is 31.6 Å². The van der Waals surface area contributed by atoms with Crippen molar-refractivity contribution in [3.05, 3.63) is 58.6 Å². The van der Waals surface area contributed by atoms with Gasteiger partial charge in [-0.3, -0.25) is 14.4 Å². The fraction of sp³-hybridized carbons (Fsp3) is 0.483. The number of rotatable bonds is 14. The Balaban J connectivity index is 1.63. The highest BCUT2D eigenvalue weighted by Crippen LogP contribution is 2.42. The van der Waals surface area contributed by atoms with Gasteiger partial charge < -0.3 is 25.0 Å². The monoisotopic (exact) mass is 587 g/mol. The number of unbranched alkanes of at least 4 members (excludes halogenated alkanes) is 1. The van der Waals surface area contributed by atoms with E-state index in [1.807, 2.05) is 62.6 Å². The minimum atomic E-state index is -1.19. The van der Waals surface area contributed by atoms with Crippen molar-refractivity contribution in [1.29, 1.82) is 0 Å². The van der Waals surface area contributed by atoms with Crippen molar-refractivity contribution in [2.24, 2.45) is 5.41 Å². The van der Waals surface area contributed by atoms with E-state index in [1.165, 1.54) is 0 Å². The van der Waals surface area contributed by atoms with Crippen molar-refractivity contribution in [2.45, 2.75) is 58.1 Å². The SMILES string of the molecule is CCOC(=O)C1(C(=O)N[C@@H](CCCCN(C)C)C(=O)Nc2ccc(COc3ccccc3Br)cc2)CCC1. The van der Waals surface area contributed by atoms with Crippen LogP contribution in [-0.2, 0) is 25.7 Å². The van der Waals surface area contributed by atoms with Gasteiger partial charge in [0.2, 0.25) is 11.8 Å². The van der Waals surface area contributed by atoms with Crippen LogP contribution >= 0.6 is 15.9 Å². The number of nitrogens with zero attached hydrogens (tertiary/aromatic N) is 1. The molecule has 1 saturated carbocycles. The van der Waals surface area contributed by atoms with Gasteiger partial charge in [-0.05, 0) is 105 Å². The van der Waals surface area contributed by atoms with Crippen LogP contribution in [0.2, 0.25) is 0 Å². The highest BCUT2D eigenvalue weighted by Gasteiger charge is 2.52. The second-order valence-electron chi connectivity index (χ2n) is 9.89. The Hall–Kier alpha value is -2.91. The summed E-state index contributed by atoms with van der Waals surface area (Å²) < 4.78 is 11.9. The third kappa shape index (κ3) is 8.04. The van der Waals surface area contributed by atoms with Crippen molar-refractivity contribution in [3.8, 4) is 5.75 Å². The first-order valence-corrected chi connectivity index (χ1v) is 13.9. The first-order chi connectivity index (χ1) is 18.2. The van der Waals surface area contributed by atoms with Crippen LogP contribution in [0.1, 0.15) is 51.0 Å². The lowest BCUT2D eigenvalue weighted by molar-refractivity contribution is -0.167. The fourth-order valence-electron chi connectivity index (χ4n) is 4.30. The molecule has 1 atom stereocenters. The molecule has 1 aliphatic carbocycles. The summed E-state index contributed by atoms with van der Waals surface area (Å²) in [5, 5.41) is 5.79. The summed E-state index contributed by atoms with van der Waals surface area (Å²) in [7, 11) is 4.00. The molecule has 2 amide bonds. The van der Waals surface area contributed by atoms with Crippen molar-refractivity contribution in [3.63, 3.8) is 0 Å². The molecule has 0 saturated heterocycles. The first kappa shape index (κ1) is 29.6. The number of halogens is 1. The molecular weight excluding hydrogens is 550 g/mol. The van der Waals surface area contributed by atoms with E-state index >= 15 is 0 Å². The Morgan fingerprint density at radius 1 is 1.05 bits per heavy atom. The number of para-hydroxylation sites is 1. The first-order valence-electron chi connectivity index (χ1n) is 13.1. The van der Waals surface area contributed by atoms with Gasteiger partial charge in [0.1, 0.15) is 23.8 Å². The summed E-state index contributed by atoms with van der Waals surface area (Å²) in [6, 6.07) is 14.3. The van der Waals surface area contributed by atoms with Crippen molar-refractivity contribution in [2.75, 3.05) is 32.6 Å². The van der Waals surface area contributed by atoms with Crippen LogP contribution in [0.4, 0.5) is 5.69 Å². The Kier molecular flexibility index (Phi) is 11.2. The highest BCUT2D eigenvalue weighted by atomic mass is 79.9. The van der Waals surface area contributed by atoms with Crippen molar-refractivity contribution >= 4 is 39.4 Å². The lowest BCUT2D eigenvalue weighted by atomic mass is 9.68. The van der Waals surface area contributed by atoms with Gasteiger partial charge in [0, 0.05) is 5.69 Å². The molecule has 2 aromatic carbocycles. The molecule has 2 aromatic rings. The molecule has 0 aromatic heterocycles. The fourth-order valence-corrected chi connectivity index (χ4v) is 4.70. The van der Waals surface area contributed by atoms with Crippen LogP contribution in [0.25, 0.3) is 0 Å². The second-order valence-corrected chi connectivity index (χ2v) is 10.7. The summed E-state index contributed by atoms with van der Waals surface area (Å²) in [5.41, 5.74) is 0.387. The number of nitrogens with one attached hydrogen (secondary N) is 2. The quantitative estimate of drug-likeness (QED) is 0.185. The van der Waals surface area contributed by atoms with E-state index in [-0.39, 0.29) is 12.5 Å². The number of hydrogen-bond acceptors (Lipinski definition) is 6. The number of hydrogen-bond donors (Lipinski definition) is 2. The van der Waals surface area contributed by atoms with E-state index in [9.17, 15) is 14.4 Å². The second kappa shape index (κ2) is 14.3. The molecule has 0 aliphatic heterocycles. The summed E-state index contributed by atoms with van der Waals surface area (Å²) >= 11 is 3.47. The van der Waals surface area contributed by atoms with Crippen molar-refractivity contribution in [1.82, 2.24) is 10.2 Å². The van der Waals surface area contributed by atoms with E-state index < -0.39 is 23.3 Å². The van der Waals surface area contributed by atoms with Crippen molar-refractivity contribution < 1.29 is 23.9 Å². The smallest absolute Gasteiger partial charge is 0.321 e. The van der Waals surface area contributed by atoms with Crippen LogP contribution in [0.3, 0.4) is 0 Å². The van der Waals surface area contributed by atoms with E-state index in [1.54, 1.807) is 6.92 Å². The van der Waals surface area contributed by atoms with Gasteiger partial charge in [0.25, 0.3) is 0 Å². The number of amides is 2. The molecule has 8 nitrogen and oxygen atoms in total. The average molecular weight is 589 g/mol. The summed E-state index contributed by atoms with van der Waals surface area (Å²) in [6.45, 7) is 3.21. The third-order valence-electron chi connectivity index (χ3n) is 6.73. The zero-order valence-electron chi connectivity index (χ0n) is 22.4. The number of benzene rings is 2. The molecule has 0 heterocycles. The zero-order chi connectivity index (χ0) is 27.5. The number of anilines is 1. The molecule has 2 N–H and O–H groups in total. The highest BCUT2D eigenvalue weighted by molar-refractivity contribution is 9.10. The molecular formula is C29H38BrN3O5. The van der Waals surface area contributed by atoms with Gasteiger partial charge in [-0.1, -0.05) is 30.7 Å². The number of ether oxygens (including phenoxy) is 2. The van der Waals surface area contributed by atoms with E-state index in [0.717, 1.165) is 41.6 Å². The van der Waals surface area contributed by atoms with Crippen LogP contribution in [0.5, 0.6) is 5.75 Å². The lowest BCUT2D eigenvalue weighted by Gasteiger charge is -2.38. The molecule has 0 radical (unpaired) electrons. The lowest BCUT2D eigenvalue weighted by Crippen LogP contribution is -2.56. The van der Waals surface area contributed by atoms with Crippen LogP contribution in [-0.4, -0.2) is 56.0 Å². The maximum atomic E-state index is 13.3. The predicted molar refractivity (Wildman–Crippen MR) is 151 cm³/mol. The molecule has 0 bridgehead atoms. The number of carbonyl (C=O) groups excluding carboxylic acids is 3. The molecule has 206 valence electrons. The van der Waals surface area contributed by atoms with E-state index in [2.05, 4.69) is 31.5 Å². The van der Waals surface area contributed by atoms with Gasteiger partial charge in [-0.15, -0.1) is 0 Å². The molecule has 1 fully saturated rings. The van der Waals surface area contributed by atoms with E-state index in [4.69, 9.17) is 9.47 Å². The number of carbonyl (C=O) groups is 3. The Morgan fingerprint density at radius 3 is 2.37 bits per heavy atom. The number of esters is 1. The normalized spacial score (nSPS) is 14.8. The minimum absolute atomic E-state index is 0.214. The maximum absolute atomic E-state index is 13.3. The largest absolute Gasteiger partial charge is 0.488 e. The van der Waals surface area contributed by atoms with Crippen LogP contribution < -0.4 is 15.4 Å². The Bertz CT molecular complexity index is 1090. The van der Waals surface area contributed by atoms with Gasteiger partial charge in [-0.2, -0.15) is 0 Å². The zero-order valence-corrected chi connectivity index (χ0v) is 24.0. The third-order valence-corrected chi connectivity index (χ3v) is 7.39. The maximum Gasteiger partial charge on any atom is 0.321 e. The molecule has 38 heavy (non-hydrogen) atoms. The average Bonchev–Trinajstić information content (AvgIpc) is 2.85. The Labute approximate surface area is 233 Å². The molecule has 9 heteroatoms. The van der Waals surface area contributed by atoms with Gasteiger partial charge in [0.05, 0.1) is 11.1 Å².